The Kier molecular flexibility index (Phi) is 5.58. The van der Waals surface area contributed by atoms with Gasteiger partial charge in [0.15, 0.2) is 0 Å². The number of halogens is 4. The molecule has 1 aromatic carbocycles. The molecule has 0 amide bonds. The number of alkyl halides is 3. The molecule has 0 aromatic heterocycles. The lowest BCUT2D eigenvalue weighted by molar-refractivity contribution is -0.148. The predicted molar refractivity (Wildman–Crippen MR) is 73.6 cm³/mol. The Bertz CT molecular complexity index is 440. The Hall–Kier alpha value is -1.14. The Balaban J connectivity index is 1.65. The Morgan fingerprint density at radius 2 is 1.90 bits per heavy atom. The number of nitrogens with one attached hydrogen (secondary N) is 1. The van der Waals surface area contributed by atoms with Gasteiger partial charge in [-0.15, -0.1) is 0 Å². The van der Waals surface area contributed by atoms with Crippen molar-refractivity contribution < 1.29 is 17.6 Å². The standard InChI is InChI=1S/C15H20F4N2/c16-13-3-1-2-12(10-13)4-7-20-14-5-8-21(9-6-14)11-15(17,18)19/h1-3,10,14,20H,4-9,11H2. The van der Waals surface area contributed by atoms with Crippen molar-refractivity contribution in [1.29, 1.82) is 0 Å². The first-order valence-corrected chi connectivity index (χ1v) is 7.19. The summed E-state index contributed by atoms with van der Waals surface area (Å²) in [5.41, 5.74) is 0.928. The van der Waals surface area contributed by atoms with E-state index in [4.69, 9.17) is 0 Å². The zero-order chi connectivity index (χ0) is 15.3. The number of rotatable bonds is 5. The molecule has 1 fully saturated rings. The molecule has 2 rings (SSSR count). The Morgan fingerprint density at radius 1 is 1.19 bits per heavy atom. The van der Waals surface area contributed by atoms with Crippen molar-refractivity contribution in [2.24, 2.45) is 0 Å². The summed E-state index contributed by atoms with van der Waals surface area (Å²) < 4.78 is 49.8. The summed E-state index contributed by atoms with van der Waals surface area (Å²) in [5, 5.41) is 3.34. The van der Waals surface area contributed by atoms with E-state index < -0.39 is 12.7 Å². The monoisotopic (exact) mass is 304 g/mol. The van der Waals surface area contributed by atoms with Gasteiger partial charge >= 0.3 is 6.18 Å². The van der Waals surface area contributed by atoms with E-state index in [0.717, 1.165) is 24.8 Å². The molecule has 0 atom stereocenters. The molecule has 118 valence electrons. The van der Waals surface area contributed by atoms with Crippen LogP contribution in [-0.4, -0.2) is 43.3 Å². The fourth-order valence-corrected chi connectivity index (χ4v) is 2.66. The van der Waals surface area contributed by atoms with Crippen LogP contribution in [0.15, 0.2) is 24.3 Å². The zero-order valence-electron chi connectivity index (χ0n) is 11.8. The first-order valence-electron chi connectivity index (χ1n) is 7.19. The molecule has 0 saturated carbocycles. The van der Waals surface area contributed by atoms with E-state index >= 15 is 0 Å². The van der Waals surface area contributed by atoms with Crippen molar-refractivity contribution in [2.45, 2.75) is 31.5 Å². The Labute approximate surface area is 122 Å². The minimum atomic E-state index is -4.11. The van der Waals surface area contributed by atoms with Crippen LogP contribution in [0, 0.1) is 5.82 Å². The van der Waals surface area contributed by atoms with Crippen molar-refractivity contribution in [1.82, 2.24) is 10.2 Å². The molecule has 0 bridgehead atoms. The third-order valence-corrected chi connectivity index (χ3v) is 3.73. The van der Waals surface area contributed by atoms with Crippen LogP contribution in [0.3, 0.4) is 0 Å². The molecule has 1 aromatic rings. The minimum absolute atomic E-state index is 0.243. The van der Waals surface area contributed by atoms with Gasteiger partial charge in [0.2, 0.25) is 0 Å². The molecule has 0 aliphatic carbocycles. The summed E-state index contributed by atoms with van der Waals surface area (Å²) in [6.45, 7) is 0.838. The molecule has 1 N–H and O–H groups in total. The quantitative estimate of drug-likeness (QED) is 0.841. The molecule has 1 saturated heterocycles. The van der Waals surface area contributed by atoms with Crippen LogP contribution in [0.5, 0.6) is 0 Å². The second kappa shape index (κ2) is 7.22. The van der Waals surface area contributed by atoms with Gasteiger partial charge in [0.25, 0.3) is 0 Å². The van der Waals surface area contributed by atoms with Crippen LogP contribution >= 0.6 is 0 Å². The summed E-state index contributed by atoms with van der Waals surface area (Å²) in [7, 11) is 0. The summed E-state index contributed by atoms with van der Waals surface area (Å²) in [6, 6.07) is 6.72. The second-order valence-corrected chi connectivity index (χ2v) is 5.50. The molecular weight excluding hydrogens is 284 g/mol. The van der Waals surface area contributed by atoms with E-state index in [2.05, 4.69) is 5.32 Å². The zero-order valence-corrected chi connectivity index (χ0v) is 11.8. The minimum Gasteiger partial charge on any atom is -0.314 e. The largest absolute Gasteiger partial charge is 0.401 e. The molecule has 6 heteroatoms. The molecular formula is C15H20F4N2. The lowest BCUT2D eigenvalue weighted by atomic mass is 10.0. The molecule has 21 heavy (non-hydrogen) atoms. The van der Waals surface area contributed by atoms with Crippen molar-refractivity contribution >= 4 is 0 Å². The van der Waals surface area contributed by atoms with Gasteiger partial charge in [-0.1, -0.05) is 12.1 Å². The predicted octanol–water partition coefficient (Wildman–Crippen LogP) is 2.98. The number of hydrogen-bond donors (Lipinski definition) is 1. The van der Waals surface area contributed by atoms with Gasteiger partial charge in [-0.2, -0.15) is 13.2 Å². The molecule has 2 nitrogen and oxygen atoms in total. The number of likely N-dealkylation sites (tertiary alicyclic amines) is 1. The lowest BCUT2D eigenvalue weighted by Crippen LogP contribution is -2.45. The van der Waals surface area contributed by atoms with E-state index in [1.54, 1.807) is 6.07 Å². The molecule has 1 aliphatic rings. The first-order chi connectivity index (χ1) is 9.92. The van der Waals surface area contributed by atoms with E-state index in [0.29, 0.717) is 19.6 Å². The third kappa shape index (κ3) is 6.01. The highest BCUT2D eigenvalue weighted by atomic mass is 19.4. The van der Waals surface area contributed by atoms with Crippen LogP contribution in [0.2, 0.25) is 0 Å². The smallest absolute Gasteiger partial charge is 0.314 e. The highest BCUT2D eigenvalue weighted by molar-refractivity contribution is 5.16. The average Bonchev–Trinajstić information content (AvgIpc) is 2.39. The van der Waals surface area contributed by atoms with Crippen molar-refractivity contribution in [3.63, 3.8) is 0 Å². The van der Waals surface area contributed by atoms with E-state index in [9.17, 15) is 17.6 Å². The van der Waals surface area contributed by atoms with Crippen LogP contribution in [0.4, 0.5) is 17.6 Å². The maximum absolute atomic E-state index is 13.0. The fraction of sp³-hybridized carbons (Fsp3) is 0.600. The van der Waals surface area contributed by atoms with Gasteiger partial charge in [0.1, 0.15) is 5.82 Å². The molecule has 0 unspecified atom stereocenters. The summed E-state index contributed by atoms with van der Waals surface area (Å²) in [6.07, 6.45) is -1.95. The Morgan fingerprint density at radius 3 is 2.52 bits per heavy atom. The highest BCUT2D eigenvalue weighted by Gasteiger charge is 2.32. The highest BCUT2D eigenvalue weighted by Crippen LogP contribution is 2.19. The number of piperidine rings is 1. The first kappa shape index (κ1) is 16.2. The topological polar surface area (TPSA) is 15.3 Å². The van der Waals surface area contributed by atoms with Crippen molar-refractivity contribution in [3.8, 4) is 0 Å². The average molecular weight is 304 g/mol. The van der Waals surface area contributed by atoms with Gasteiger partial charge in [0.05, 0.1) is 6.54 Å². The van der Waals surface area contributed by atoms with Gasteiger partial charge in [-0.3, -0.25) is 4.90 Å². The normalized spacial score (nSPS) is 18.1. The van der Waals surface area contributed by atoms with Crippen molar-refractivity contribution in [2.75, 3.05) is 26.2 Å². The van der Waals surface area contributed by atoms with Gasteiger partial charge < -0.3 is 5.32 Å². The maximum Gasteiger partial charge on any atom is 0.401 e. The molecule has 1 heterocycles. The van der Waals surface area contributed by atoms with Crippen LogP contribution < -0.4 is 5.32 Å². The van der Waals surface area contributed by atoms with Crippen LogP contribution in [0.25, 0.3) is 0 Å². The molecule has 1 aliphatic heterocycles. The third-order valence-electron chi connectivity index (χ3n) is 3.73. The van der Waals surface area contributed by atoms with E-state index in [1.165, 1.54) is 17.0 Å². The van der Waals surface area contributed by atoms with Crippen LogP contribution in [-0.2, 0) is 6.42 Å². The number of benzene rings is 1. The van der Waals surface area contributed by atoms with Gasteiger partial charge in [-0.05, 0) is 56.6 Å². The summed E-state index contributed by atoms with van der Waals surface area (Å²) in [5.74, 6) is -0.243. The lowest BCUT2D eigenvalue weighted by Gasteiger charge is -2.32. The van der Waals surface area contributed by atoms with Gasteiger partial charge in [-0.25, -0.2) is 4.39 Å². The maximum atomic E-state index is 13.0. The summed E-state index contributed by atoms with van der Waals surface area (Å²) >= 11 is 0. The van der Waals surface area contributed by atoms with Crippen LogP contribution in [0.1, 0.15) is 18.4 Å². The van der Waals surface area contributed by atoms with Gasteiger partial charge in [0, 0.05) is 6.04 Å². The molecule has 0 spiro atoms. The summed E-state index contributed by atoms with van der Waals surface area (Å²) in [4.78, 5) is 1.45. The number of hydrogen-bond acceptors (Lipinski definition) is 2. The van der Waals surface area contributed by atoms with E-state index in [-0.39, 0.29) is 11.9 Å². The van der Waals surface area contributed by atoms with Crippen molar-refractivity contribution in [3.05, 3.63) is 35.6 Å². The molecule has 0 radical (unpaired) electrons. The fourth-order valence-electron chi connectivity index (χ4n) is 2.66. The number of nitrogens with zero attached hydrogens (tertiary/aromatic N) is 1. The second-order valence-electron chi connectivity index (χ2n) is 5.50. The SMILES string of the molecule is Fc1cccc(CCNC2CCN(CC(F)(F)F)CC2)c1. The van der Waals surface area contributed by atoms with E-state index in [1.807, 2.05) is 6.07 Å².